The first-order chi connectivity index (χ1) is 9.08. The van der Waals surface area contributed by atoms with Crippen molar-refractivity contribution in [3.8, 4) is 0 Å². The summed E-state index contributed by atoms with van der Waals surface area (Å²) in [5, 5.41) is 2.52. The van der Waals surface area contributed by atoms with Crippen molar-refractivity contribution >= 4 is 5.91 Å². The van der Waals surface area contributed by atoms with Gasteiger partial charge in [-0.3, -0.25) is 9.78 Å². The molecule has 1 aromatic heterocycles. The number of nitrogens with zero attached hydrogens (tertiary/aromatic N) is 1. The highest BCUT2D eigenvalue weighted by atomic mass is 19.2. The maximum absolute atomic E-state index is 13.4. The molecule has 0 aliphatic rings. The quantitative estimate of drug-likeness (QED) is 0.923. The Morgan fingerprint density at radius 2 is 2.05 bits per heavy atom. The van der Waals surface area contributed by atoms with Crippen molar-refractivity contribution in [1.29, 1.82) is 0 Å². The molecule has 1 heterocycles. The van der Waals surface area contributed by atoms with Crippen LogP contribution in [0.3, 0.4) is 0 Å². The van der Waals surface area contributed by atoms with E-state index >= 15 is 0 Å². The molecule has 0 bridgehead atoms. The molecule has 0 fully saturated rings. The second-order valence-electron chi connectivity index (χ2n) is 4.09. The van der Waals surface area contributed by atoms with Gasteiger partial charge < -0.3 is 5.32 Å². The summed E-state index contributed by atoms with van der Waals surface area (Å²) in [6.07, 6.45) is 1.62. The Morgan fingerprint density at radius 1 is 1.26 bits per heavy atom. The molecule has 5 heteroatoms. The molecule has 0 aliphatic heterocycles. The zero-order chi connectivity index (χ0) is 13.8. The normalized spacial score (nSPS) is 10.3. The van der Waals surface area contributed by atoms with E-state index in [4.69, 9.17) is 0 Å². The minimum Gasteiger partial charge on any atom is -0.348 e. The Balaban J connectivity index is 2.05. The lowest BCUT2D eigenvalue weighted by molar-refractivity contribution is 0.0946. The highest BCUT2D eigenvalue weighted by molar-refractivity contribution is 5.94. The van der Waals surface area contributed by atoms with Crippen LogP contribution in [-0.4, -0.2) is 10.9 Å². The molecule has 0 radical (unpaired) electrons. The smallest absolute Gasteiger partial charge is 0.254 e. The lowest BCUT2D eigenvalue weighted by Crippen LogP contribution is -2.24. The number of benzene rings is 1. The Morgan fingerprint density at radius 3 is 2.74 bits per heavy atom. The molecule has 0 aliphatic carbocycles. The summed E-state index contributed by atoms with van der Waals surface area (Å²) in [5.74, 6) is -2.83. The molecule has 3 nitrogen and oxygen atoms in total. The third-order valence-electron chi connectivity index (χ3n) is 2.62. The lowest BCUT2D eigenvalue weighted by Gasteiger charge is -2.06. The number of carbonyl (C=O) groups excluding carboxylic acids is 1. The number of aryl methyl sites for hydroxylation is 1. The van der Waals surface area contributed by atoms with Crippen LogP contribution in [0.5, 0.6) is 0 Å². The van der Waals surface area contributed by atoms with Crippen LogP contribution in [0.1, 0.15) is 21.6 Å². The summed E-state index contributed by atoms with van der Waals surface area (Å²) in [6, 6.07) is 7.12. The maximum Gasteiger partial charge on any atom is 0.254 e. The van der Waals surface area contributed by atoms with Crippen LogP contribution in [0.15, 0.2) is 36.5 Å². The van der Waals surface area contributed by atoms with Gasteiger partial charge in [0.2, 0.25) is 0 Å². The number of hydrogen-bond acceptors (Lipinski definition) is 2. The van der Waals surface area contributed by atoms with E-state index in [0.29, 0.717) is 0 Å². The van der Waals surface area contributed by atoms with Gasteiger partial charge in [0.1, 0.15) is 0 Å². The largest absolute Gasteiger partial charge is 0.348 e. The third kappa shape index (κ3) is 3.13. The average molecular weight is 262 g/mol. The maximum atomic E-state index is 13.4. The summed E-state index contributed by atoms with van der Waals surface area (Å²) in [5.41, 5.74) is 1.35. The van der Waals surface area contributed by atoms with Gasteiger partial charge in [0.25, 0.3) is 5.91 Å². The molecule has 2 aromatic rings. The predicted octanol–water partition coefficient (Wildman–Crippen LogP) is 2.60. The van der Waals surface area contributed by atoms with Gasteiger partial charge in [0.15, 0.2) is 11.6 Å². The van der Waals surface area contributed by atoms with Gasteiger partial charge >= 0.3 is 0 Å². The van der Waals surface area contributed by atoms with Crippen LogP contribution in [0, 0.1) is 18.6 Å². The Labute approximate surface area is 109 Å². The van der Waals surface area contributed by atoms with Crippen molar-refractivity contribution < 1.29 is 13.6 Å². The number of rotatable bonds is 3. The monoisotopic (exact) mass is 262 g/mol. The fourth-order valence-corrected chi connectivity index (χ4v) is 1.56. The van der Waals surface area contributed by atoms with Crippen LogP contribution in [0.4, 0.5) is 8.78 Å². The van der Waals surface area contributed by atoms with Crippen LogP contribution >= 0.6 is 0 Å². The van der Waals surface area contributed by atoms with Crippen LogP contribution in [0.2, 0.25) is 0 Å². The van der Waals surface area contributed by atoms with E-state index in [1.54, 1.807) is 6.20 Å². The van der Waals surface area contributed by atoms with Gasteiger partial charge in [-0.15, -0.1) is 0 Å². The Hall–Kier alpha value is -2.30. The number of nitrogens with one attached hydrogen (secondary N) is 1. The van der Waals surface area contributed by atoms with Gasteiger partial charge in [-0.2, -0.15) is 0 Å². The van der Waals surface area contributed by atoms with Gasteiger partial charge in [-0.05, 0) is 30.7 Å². The summed E-state index contributed by atoms with van der Waals surface area (Å²) < 4.78 is 26.4. The van der Waals surface area contributed by atoms with Crippen molar-refractivity contribution in [3.05, 3.63) is 65.0 Å². The van der Waals surface area contributed by atoms with Crippen molar-refractivity contribution in [2.24, 2.45) is 0 Å². The molecule has 0 saturated carbocycles. The highest BCUT2D eigenvalue weighted by Crippen LogP contribution is 2.11. The van der Waals surface area contributed by atoms with E-state index in [2.05, 4.69) is 10.3 Å². The predicted molar refractivity (Wildman–Crippen MR) is 66.5 cm³/mol. The Bertz CT molecular complexity index is 597. The Kier molecular flexibility index (Phi) is 3.85. The van der Waals surface area contributed by atoms with Gasteiger partial charge in [0.05, 0.1) is 5.56 Å². The number of halogens is 2. The second-order valence-corrected chi connectivity index (χ2v) is 4.09. The molecule has 0 unspecified atom stereocenters. The fraction of sp³-hybridized carbons (Fsp3) is 0.143. The third-order valence-corrected chi connectivity index (χ3v) is 2.62. The average Bonchev–Trinajstić information content (AvgIpc) is 2.41. The summed E-state index contributed by atoms with van der Waals surface area (Å²) in [7, 11) is 0. The topological polar surface area (TPSA) is 42.0 Å². The van der Waals surface area contributed by atoms with Crippen LogP contribution in [-0.2, 0) is 6.54 Å². The van der Waals surface area contributed by atoms with E-state index in [1.807, 2.05) is 19.1 Å². The number of carbonyl (C=O) groups is 1. The van der Waals surface area contributed by atoms with E-state index in [9.17, 15) is 13.6 Å². The van der Waals surface area contributed by atoms with Gasteiger partial charge in [0, 0.05) is 18.4 Å². The van der Waals surface area contributed by atoms with Crippen LogP contribution < -0.4 is 5.32 Å². The fourth-order valence-electron chi connectivity index (χ4n) is 1.56. The van der Waals surface area contributed by atoms with Crippen molar-refractivity contribution in [1.82, 2.24) is 10.3 Å². The molecule has 0 atom stereocenters. The zero-order valence-electron chi connectivity index (χ0n) is 10.3. The minimum atomic E-state index is -1.14. The standard InChI is InChI=1S/C14H12F2N2O/c1-9-5-6-10(7-17-9)8-18-14(19)11-3-2-4-12(15)13(11)16/h2-7H,8H2,1H3,(H,18,19). The molecule has 2 rings (SSSR count). The second kappa shape index (κ2) is 5.56. The molecule has 0 spiro atoms. The zero-order valence-corrected chi connectivity index (χ0v) is 10.3. The van der Waals surface area contributed by atoms with Gasteiger partial charge in [-0.1, -0.05) is 12.1 Å². The summed E-state index contributed by atoms with van der Waals surface area (Å²) in [6.45, 7) is 2.06. The molecular weight excluding hydrogens is 250 g/mol. The van der Waals surface area contributed by atoms with Crippen molar-refractivity contribution in [2.75, 3.05) is 0 Å². The molecule has 1 N–H and O–H groups in total. The van der Waals surface area contributed by atoms with E-state index < -0.39 is 17.5 Å². The molecule has 0 saturated heterocycles. The number of hydrogen-bond donors (Lipinski definition) is 1. The molecule has 19 heavy (non-hydrogen) atoms. The van der Waals surface area contributed by atoms with Gasteiger partial charge in [-0.25, -0.2) is 8.78 Å². The van der Waals surface area contributed by atoms with E-state index in [1.165, 1.54) is 12.1 Å². The summed E-state index contributed by atoms with van der Waals surface area (Å²) in [4.78, 5) is 15.8. The first-order valence-electron chi connectivity index (χ1n) is 5.71. The number of aromatic nitrogens is 1. The first kappa shape index (κ1) is 13.1. The highest BCUT2D eigenvalue weighted by Gasteiger charge is 2.14. The van der Waals surface area contributed by atoms with Crippen molar-refractivity contribution in [2.45, 2.75) is 13.5 Å². The number of pyridine rings is 1. The SMILES string of the molecule is Cc1ccc(CNC(=O)c2cccc(F)c2F)cn1. The van der Waals surface area contributed by atoms with E-state index in [-0.39, 0.29) is 12.1 Å². The summed E-state index contributed by atoms with van der Waals surface area (Å²) >= 11 is 0. The molecule has 1 amide bonds. The van der Waals surface area contributed by atoms with Crippen molar-refractivity contribution in [3.63, 3.8) is 0 Å². The van der Waals surface area contributed by atoms with E-state index in [0.717, 1.165) is 17.3 Å². The molecule has 98 valence electrons. The van der Waals surface area contributed by atoms with Crippen LogP contribution in [0.25, 0.3) is 0 Å². The first-order valence-corrected chi connectivity index (χ1v) is 5.71. The minimum absolute atomic E-state index is 0.210. The molecular formula is C14H12F2N2O. The molecule has 1 aromatic carbocycles. The lowest BCUT2D eigenvalue weighted by atomic mass is 10.2. The number of amides is 1.